The van der Waals surface area contributed by atoms with E-state index in [0.717, 1.165) is 11.1 Å². The third kappa shape index (κ3) is 4.39. The molecule has 2 rings (SSSR count). The van der Waals surface area contributed by atoms with Crippen LogP contribution >= 0.6 is 0 Å². The van der Waals surface area contributed by atoms with Crippen molar-refractivity contribution < 1.29 is 14.0 Å². The number of hydrogen-bond donors (Lipinski definition) is 1. The minimum atomic E-state index is -0.392. The fraction of sp³-hybridized carbons (Fsp3) is 0.222. The fourth-order valence-corrected chi connectivity index (χ4v) is 2.29. The molecule has 0 aliphatic rings. The summed E-state index contributed by atoms with van der Waals surface area (Å²) in [5.74, 6) is -0.985. The summed E-state index contributed by atoms with van der Waals surface area (Å²) < 4.78 is 13.0. The maximum atomic E-state index is 13.0. The van der Waals surface area contributed by atoms with Crippen molar-refractivity contribution in [3.63, 3.8) is 0 Å². The lowest BCUT2D eigenvalue weighted by Crippen LogP contribution is -2.36. The first-order chi connectivity index (χ1) is 10.9. The van der Waals surface area contributed by atoms with Crippen LogP contribution in [0, 0.1) is 19.7 Å². The SMILES string of the molecule is CC(=O)N(CC(=O)Nc1ccc(C)cc1C)c1ccc(F)cc1. The van der Waals surface area contributed by atoms with Gasteiger partial charge in [0, 0.05) is 18.3 Å². The van der Waals surface area contributed by atoms with Crippen molar-refractivity contribution in [2.24, 2.45) is 0 Å². The molecule has 0 aliphatic carbocycles. The van der Waals surface area contributed by atoms with Crippen molar-refractivity contribution in [1.29, 1.82) is 0 Å². The Morgan fingerprint density at radius 2 is 1.74 bits per heavy atom. The van der Waals surface area contributed by atoms with E-state index in [1.807, 2.05) is 32.0 Å². The van der Waals surface area contributed by atoms with E-state index in [2.05, 4.69) is 5.32 Å². The van der Waals surface area contributed by atoms with Crippen LogP contribution in [0.1, 0.15) is 18.1 Å². The van der Waals surface area contributed by atoms with E-state index < -0.39 is 5.82 Å². The molecule has 0 atom stereocenters. The number of halogens is 1. The summed E-state index contributed by atoms with van der Waals surface area (Å²) >= 11 is 0. The molecule has 0 bridgehead atoms. The lowest BCUT2D eigenvalue weighted by atomic mass is 10.1. The van der Waals surface area contributed by atoms with Gasteiger partial charge in [0.2, 0.25) is 11.8 Å². The molecule has 5 heteroatoms. The summed E-state index contributed by atoms with van der Waals surface area (Å²) in [5, 5.41) is 2.80. The zero-order valence-electron chi connectivity index (χ0n) is 13.4. The van der Waals surface area contributed by atoms with Crippen molar-refractivity contribution in [3.05, 3.63) is 59.4 Å². The molecule has 0 heterocycles. The van der Waals surface area contributed by atoms with Crippen LogP contribution in [-0.2, 0) is 9.59 Å². The summed E-state index contributed by atoms with van der Waals surface area (Å²) in [5.41, 5.74) is 3.25. The second kappa shape index (κ2) is 7.05. The number of aryl methyl sites for hydroxylation is 2. The van der Waals surface area contributed by atoms with Gasteiger partial charge in [-0.25, -0.2) is 4.39 Å². The van der Waals surface area contributed by atoms with Crippen LogP contribution in [0.3, 0.4) is 0 Å². The first kappa shape index (κ1) is 16.7. The Balaban J connectivity index is 2.12. The smallest absolute Gasteiger partial charge is 0.244 e. The number of amides is 2. The Morgan fingerprint density at radius 3 is 2.30 bits per heavy atom. The average Bonchev–Trinajstić information content (AvgIpc) is 2.48. The summed E-state index contributed by atoms with van der Waals surface area (Å²) in [6.45, 7) is 5.12. The Morgan fingerprint density at radius 1 is 1.09 bits per heavy atom. The zero-order chi connectivity index (χ0) is 17.0. The summed E-state index contributed by atoms with van der Waals surface area (Å²) in [6.07, 6.45) is 0. The highest BCUT2D eigenvalue weighted by molar-refractivity contribution is 6.02. The Kier molecular flexibility index (Phi) is 5.11. The molecule has 0 unspecified atom stereocenters. The average molecular weight is 314 g/mol. The maximum absolute atomic E-state index is 13.0. The van der Waals surface area contributed by atoms with Crippen molar-refractivity contribution in [2.45, 2.75) is 20.8 Å². The van der Waals surface area contributed by atoms with Gasteiger partial charge >= 0.3 is 0 Å². The number of carbonyl (C=O) groups is 2. The van der Waals surface area contributed by atoms with E-state index in [-0.39, 0.29) is 18.4 Å². The van der Waals surface area contributed by atoms with Crippen LogP contribution in [0.2, 0.25) is 0 Å². The van der Waals surface area contributed by atoms with Crippen molar-refractivity contribution in [3.8, 4) is 0 Å². The largest absolute Gasteiger partial charge is 0.324 e. The normalized spacial score (nSPS) is 10.3. The highest BCUT2D eigenvalue weighted by Crippen LogP contribution is 2.18. The summed E-state index contributed by atoms with van der Waals surface area (Å²) in [7, 11) is 0. The van der Waals surface area contributed by atoms with Gasteiger partial charge in [0.1, 0.15) is 12.4 Å². The summed E-state index contributed by atoms with van der Waals surface area (Å²) in [4.78, 5) is 25.3. The minimum absolute atomic E-state index is 0.131. The van der Waals surface area contributed by atoms with Crippen LogP contribution in [-0.4, -0.2) is 18.4 Å². The quantitative estimate of drug-likeness (QED) is 0.940. The van der Waals surface area contributed by atoms with Gasteiger partial charge in [-0.1, -0.05) is 17.7 Å². The zero-order valence-corrected chi connectivity index (χ0v) is 13.4. The molecule has 0 spiro atoms. The number of nitrogens with zero attached hydrogens (tertiary/aromatic N) is 1. The van der Waals surface area contributed by atoms with Crippen LogP contribution < -0.4 is 10.2 Å². The molecule has 120 valence electrons. The minimum Gasteiger partial charge on any atom is -0.324 e. The second-order valence-electron chi connectivity index (χ2n) is 5.45. The third-order valence-corrected chi connectivity index (χ3v) is 3.48. The Labute approximate surface area is 134 Å². The maximum Gasteiger partial charge on any atom is 0.244 e. The highest BCUT2D eigenvalue weighted by Gasteiger charge is 2.16. The lowest BCUT2D eigenvalue weighted by Gasteiger charge is -2.21. The van der Waals surface area contributed by atoms with Crippen LogP contribution in [0.25, 0.3) is 0 Å². The standard InChI is InChI=1S/C18H19FN2O2/c1-12-4-9-17(13(2)10-12)20-18(23)11-21(14(3)22)16-7-5-15(19)6-8-16/h4-10H,11H2,1-3H3,(H,20,23). The van der Waals surface area contributed by atoms with E-state index in [9.17, 15) is 14.0 Å². The number of nitrogens with one attached hydrogen (secondary N) is 1. The van der Waals surface area contributed by atoms with Crippen molar-refractivity contribution in [1.82, 2.24) is 0 Å². The number of benzene rings is 2. The molecule has 0 fully saturated rings. The molecule has 0 saturated carbocycles. The molecular formula is C18H19FN2O2. The van der Waals surface area contributed by atoms with Crippen molar-refractivity contribution >= 4 is 23.2 Å². The lowest BCUT2D eigenvalue weighted by molar-refractivity contribution is -0.120. The van der Waals surface area contributed by atoms with Gasteiger partial charge in [0.05, 0.1) is 0 Å². The van der Waals surface area contributed by atoms with Gasteiger partial charge in [0.25, 0.3) is 0 Å². The van der Waals surface area contributed by atoms with E-state index in [1.165, 1.54) is 36.1 Å². The van der Waals surface area contributed by atoms with E-state index >= 15 is 0 Å². The molecule has 0 aliphatic heterocycles. The number of rotatable bonds is 4. The molecule has 0 aromatic heterocycles. The van der Waals surface area contributed by atoms with Gasteiger partial charge < -0.3 is 10.2 Å². The number of anilines is 2. The van der Waals surface area contributed by atoms with E-state index in [4.69, 9.17) is 0 Å². The molecule has 1 N–H and O–H groups in total. The first-order valence-corrected chi connectivity index (χ1v) is 7.27. The summed E-state index contributed by atoms with van der Waals surface area (Å²) in [6, 6.07) is 11.2. The highest BCUT2D eigenvalue weighted by atomic mass is 19.1. The van der Waals surface area contributed by atoms with Crippen LogP contribution in [0.4, 0.5) is 15.8 Å². The van der Waals surface area contributed by atoms with Gasteiger partial charge in [-0.2, -0.15) is 0 Å². The van der Waals surface area contributed by atoms with Gasteiger partial charge in [0.15, 0.2) is 0 Å². The molecule has 2 aromatic carbocycles. The monoisotopic (exact) mass is 314 g/mol. The van der Waals surface area contributed by atoms with Gasteiger partial charge in [-0.05, 0) is 49.7 Å². The van der Waals surface area contributed by atoms with Crippen LogP contribution in [0.5, 0.6) is 0 Å². The fourth-order valence-electron chi connectivity index (χ4n) is 2.29. The molecule has 2 aromatic rings. The van der Waals surface area contributed by atoms with Gasteiger partial charge in [-0.15, -0.1) is 0 Å². The van der Waals surface area contributed by atoms with Crippen LogP contribution in [0.15, 0.2) is 42.5 Å². The molecule has 0 radical (unpaired) electrons. The molecule has 2 amide bonds. The number of hydrogen-bond acceptors (Lipinski definition) is 2. The second-order valence-corrected chi connectivity index (χ2v) is 5.45. The number of carbonyl (C=O) groups excluding carboxylic acids is 2. The van der Waals surface area contributed by atoms with Gasteiger partial charge in [-0.3, -0.25) is 9.59 Å². The molecular weight excluding hydrogens is 295 g/mol. The van der Waals surface area contributed by atoms with Crippen molar-refractivity contribution in [2.75, 3.05) is 16.8 Å². The third-order valence-electron chi connectivity index (χ3n) is 3.48. The predicted octanol–water partition coefficient (Wildman–Crippen LogP) is 3.43. The van der Waals surface area contributed by atoms with E-state index in [1.54, 1.807) is 0 Å². The molecule has 23 heavy (non-hydrogen) atoms. The predicted molar refractivity (Wildman–Crippen MR) is 89.0 cm³/mol. The first-order valence-electron chi connectivity index (χ1n) is 7.27. The Bertz CT molecular complexity index is 726. The topological polar surface area (TPSA) is 49.4 Å². The molecule has 4 nitrogen and oxygen atoms in total. The molecule has 0 saturated heterocycles. The Hall–Kier alpha value is -2.69. The van der Waals surface area contributed by atoms with E-state index in [0.29, 0.717) is 11.4 Å².